The maximum atomic E-state index is 13.9. The van der Waals surface area contributed by atoms with Crippen molar-refractivity contribution in [2.45, 2.75) is 25.9 Å². The van der Waals surface area contributed by atoms with Gasteiger partial charge in [-0.05, 0) is 23.6 Å². The highest BCUT2D eigenvalue weighted by atomic mass is 19.2. The Kier molecular flexibility index (Phi) is 6.99. The Labute approximate surface area is 190 Å². The van der Waals surface area contributed by atoms with Gasteiger partial charge in [0.1, 0.15) is 11.9 Å². The van der Waals surface area contributed by atoms with E-state index in [0.29, 0.717) is 38.4 Å². The first-order chi connectivity index (χ1) is 15.8. The number of halogens is 3. The van der Waals surface area contributed by atoms with Crippen molar-refractivity contribution in [3.8, 4) is 0 Å². The second-order valence-electron chi connectivity index (χ2n) is 8.56. The van der Waals surface area contributed by atoms with E-state index in [0.717, 1.165) is 17.7 Å². The number of rotatable bonds is 7. The third-order valence-electron chi connectivity index (χ3n) is 6.03. The standard InChI is InChI=1S/C24H27F3N4O2/c1-15(2)23(31-14-29-20-11-18(26)19(27)12-21(20)31)24(32)28-13-22(30-7-9-33-10-8-30)16-3-5-17(25)6-4-16/h3-6,11-12,14-15,22-23H,7-10,13H2,1-2H3,(H,28,32). The second kappa shape index (κ2) is 9.93. The minimum absolute atomic E-state index is 0.136. The highest BCUT2D eigenvalue weighted by Crippen LogP contribution is 2.27. The van der Waals surface area contributed by atoms with E-state index in [-0.39, 0.29) is 29.2 Å². The monoisotopic (exact) mass is 460 g/mol. The van der Waals surface area contributed by atoms with Crippen LogP contribution in [0.4, 0.5) is 13.2 Å². The van der Waals surface area contributed by atoms with E-state index in [2.05, 4.69) is 15.2 Å². The predicted molar refractivity (Wildman–Crippen MR) is 118 cm³/mol. The van der Waals surface area contributed by atoms with Gasteiger partial charge in [-0.3, -0.25) is 9.69 Å². The molecule has 1 saturated heterocycles. The number of imidazole rings is 1. The molecule has 6 nitrogen and oxygen atoms in total. The van der Waals surface area contributed by atoms with E-state index in [9.17, 15) is 18.0 Å². The summed E-state index contributed by atoms with van der Waals surface area (Å²) in [4.78, 5) is 19.7. The number of nitrogens with one attached hydrogen (secondary N) is 1. The van der Waals surface area contributed by atoms with Crippen LogP contribution in [-0.2, 0) is 9.53 Å². The molecular formula is C24H27F3N4O2. The molecule has 2 aromatic carbocycles. The topological polar surface area (TPSA) is 59.4 Å². The van der Waals surface area contributed by atoms with Crippen LogP contribution in [0.3, 0.4) is 0 Å². The normalized spacial score (nSPS) is 16.8. The molecule has 4 rings (SSSR count). The number of morpholine rings is 1. The van der Waals surface area contributed by atoms with Crippen LogP contribution in [-0.4, -0.2) is 53.2 Å². The lowest BCUT2D eigenvalue weighted by Crippen LogP contribution is -2.45. The van der Waals surface area contributed by atoms with Crippen LogP contribution < -0.4 is 5.32 Å². The summed E-state index contributed by atoms with van der Waals surface area (Å²) >= 11 is 0. The van der Waals surface area contributed by atoms with E-state index in [1.165, 1.54) is 18.5 Å². The van der Waals surface area contributed by atoms with Crippen molar-refractivity contribution in [2.24, 2.45) is 5.92 Å². The van der Waals surface area contributed by atoms with Crippen LogP contribution in [0.5, 0.6) is 0 Å². The van der Waals surface area contributed by atoms with Gasteiger partial charge in [0.05, 0.1) is 36.6 Å². The molecule has 2 unspecified atom stereocenters. The molecule has 1 amide bonds. The largest absolute Gasteiger partial charge is 0.379 e. The third-order valence-corrected chi connectivity index (χ3v) is 6.03. The minimum atomic E-state index is -0.990. The van der Waals surface area contributed by atoms with E-state index < -0.39 is 17.7 Å². The first-order valence-corrected chi connectivity index (χ1v) is 11.0. The molecule has 0 saturated carbocycles. The fraction of sp³-hybridized carbons (Fsp3) is 0.417. The Morgan fingerprint density at radius 1 is 1.09 bits per heavy atom. The summed E-state index contributed by atoms with van der Waals surface area (Å²) in [6, 6.07) is 7.54. The number of ether oxygens (including phenoxy) is 1. The van der Waals surface area contributed by atoms with Gasteiger partial charge in [-0.1, -0.05) is 26.0 Å². The lowest BCUT2D eigenvalue weighted by atomic mass is 10.0. The molecule has 1 fully saturated rings. The summed E-state index contributed by atoms with van der Waals surface area (Å²) < 4.78 is 48.0. The zero-order chi connectivity index (χ0) is 23.5. The average Bonchev–Trinajstić information content (AvgIpc) is 3.18. The molecule has 33 heavy (non-hydrogen) atoms. The SMILES string of the molecule is CC(C)C(C(=O)NCC(c1ccc(F)cc1)N1CCOCC1)n1cnc2cc(F)c(F)cc21. The second-order valence-corrected chi connectivity index (χ2v) is 8.56. The molecule has 0 spiro atoms. The van der Waals surface area contributed by atoms with Gasteiger partial charge in [0.2, 0.25) is 5.91 Å². The number of fused-ring (bicyclic) bond motifs is 1. The van der Waals surface area contributed by atoms with Crippen molar-refractivity contribution >= 4 is 16.9 Å². The molecule has 2 heterocycles. The summed E-state index contributed by atoms with van der Waals surface area (Å²) in [5.41, 5.74) is 1.53. The summed E-state index contributed by atoms with van der Waals surface area (Å²) in [6.07, 6.45) is 1.44. The van der Waals surface area contributed by atoms with Gasteiger partial charge >= 0.3 is 0 Å². The van der Waals surface area contributed by atoms with E-state index in [4.69, 9.17) is 4.74 Å². The molecule has 1 aliphatic heterocycles. The molecule has 2 atom stereocenters. The highest BCUT2D eigenvalue weighted by molar-refractivity contribution is 5.84. The molecule has 0 bridgehead atoms. The van der Waals surface area contributed by atoms with E-state index >= 15 is 0 Å². The van der Waals surface area contributed by atoms with Crippen LogP contribution in [0.2, 0.25) is 0 Å². The summed E-state index contributed by atoms with van der Waals surface area (Å²) in [6.45, 7) is 6.64. The van der Waals surface area contributed by atoms with Crippen molar-refractivity contribution in [2.75, 3.05) is 32.8 Å². The highest BCUT2D eigenvalue weighted by Gasteiger charge is 2.29. The Bertz CT molecular complexity index is 1110. The number of benzene rings is 2. The Balaban J connectivity index is 1.57. The molecular weight excluding hydrogens is 433 g/mol. The number of carbonyl (C=O) groups excluding carboxylic acids is 1. The van der Waals surface area contributed by atoms with Gasteiger partial charge in [0.25, 0.3) is 0 Å². The average molecular weight is 461 g/mol. The van der Waals surface area contributed by atoms with Crippen molar-refractivity contribution in [3.05, 3.63) is 65.7 Å². The Morgan fingerprint density at radius 3 is 2.42 bits per heavy atom. The number of aromatic nitrogens is 2. The number of hydrogen-bond acceptors (Lipinski definition) is 4. The van der Waals surface area contributed by atoms with Crippen LogP contribution in [0.25, 0.3) is 11.0 Å². The molecule has 1 N–H and O–H groups in total. The molecule has 176 valence electrons. The fourth-order valence-electron chi connectivity index (χ4n) is 4.33. The summed E-state index contributed by atoms with van der Waals surface area (Å²) in [5, 5.41) is 3.02. The number of hydrogen-bond donors (Lipinski definition) is 1. The number of nitrogens with zero attached hydrogens (tertiary/aromatic N) is 3. The predicted octanol–water partition coefficient (Wildman–Crippen LogP) is 3.84. The van der Waals surface area contributed by atoms with Crippen LogP contribution in [0.1, 0.15) is 31.5 Å². The molecule has 0 radical (unpaired) electrons. The zero-order valence-electron chi connectivity index (χ0n) is 18.6. The zero-order valence-corrected chi connectivity index (χ0v) is 18.6. The third kappa shape index (κ3) is 5.04. The van der Waals surface area contributed by atoms with Crippen LogP contribution >= 0.6 is 0 Å². The van der Waals surface area contributed by atoms with Gasteiger partial charge in [0.15, 0.2) is 11.6 Å². The number of carbonyl (C=O) groups is 1. The maximum absolute atomic E-state index is 13.9. The lowest BCUT2D eigenvalue weighted by molar-refractivity contribution is -0.125. The molecule has 1 aromatic heterocycles. The van der Waals surface area contributed by atoms with Gasteiger partial charge < -0.3 is 14.6 Å². The summed E-state index contributed by atoms with van der Waals surface area (Å²) in [5.74, 6) is -2.68. The van der Waals surface area contributed by atoms with Gasteiger partial charge in [-0.15, -0.1) is 0 Å². The van der Waals surface area contributed by atoms with E-state index in [1.54, 1.807) is 16.7 Å². The number of amides is 1. The first-order valence-electron chi connectivity index (χ1n) is 11.0. The maximum Gasteiger partial charge on any atom is 0.243 e. The van der Waals surface area contributed by atoms with Crippen molar-refractivity contribution < 1.29 is 22.7 Å². The van der Waals surface area contributed by atoms with Crippen LogP contribution in [0, 0.1) is 23.4 Å². The minimum Gasteiger partial charge on any atom is -0.379 e. The Morgan fingerprint density at radius 2 is 1.76 bits per heavy atom. The van der Waals surface area contributed by atoms with Gasteiger partial charge in [-0.2, -0.15) is 0 Å². The van der Waals surface area contributed by atoms with Crippen molar-refractivity contribution in [1.29, 1.82) is 0 Å². The quantitative estimate of drug-likeness (QED) is 0.582. The smallest absolute Gasteiger partial charge is 0.243 e. The molecule has 1 aliphatic rings. The molecule has 3 aromatic rings. The van der Waals surface area contributed by atoms with Crippen molar-refractivity contribution in [3.63, 3.8) is 0 Å². The van der Waals surface area contributed by atoms with Crippen LogP contribution in [0.15, 0.2) is 42.7 Å². The van der Waals surface area contributed by atoms with Gasteiger partial charge in [0, 0.05) is 31.8 Å². The van der Waals surface area contributed by atoms with E-state index in [1.807, 2.05) is 13.8 Å². The summed E-state index contributed by atoms with van der Waals surface area (Å²) in [7, 11) is 0. The molecule has 9 heteroatoms. The first kappa shape index (κ1) is 23.3. The fourth-order valence-corrected chi connectivity index (χ4v) is 4.33. The lowest BCUT2D eigenvalue weighted by Gasteiger charge is -2.35. The van der Waals surface area contributed by atoms with Crippen molar-refractivity contribution in [1.82, 2.24) is 19.8 Å². The molecule has 0 aliphatic carbocycles. The Hall–Kier alpha value is -2.91. The van der Waals surface area contributed by atoms with Gasteiger partial charge in [-0.25, -0.2) is 18.2 Å².